The van der Waals surface area contributed by atoms with Gasteiger partial charge in [-0.15, -0.1) is 0 Å². The first-order valence-corrected chi connectivity index (χ1v) is 22.2. The van der Waals surface area contributed by atoms with Gasteiger partial charge in [0.2, 0.25) is 0 Å². The fourth-order valence-corrected chi connectivity index (χ4v) is 15.2. The van der Waals surface area contributed by atoms with Crippen LogP contribution in [0.4, 0.5) is 4.79 Å². The normalized spacial score (nSPS) is 46.6. The third-order valence-corrected chi connectivity index (χ3v) is 17.7. The topological polar surface area (TPSA) is 127 Å². The lowest BCUT2D eigenvalue weighted by Gasteiger charge is -2.64. The highest BCUT2D eigenvalue weighted by atomic mass is 16.7. The lowest BCUT2D eigenvalue weighted by molar-refractivity contribution is -0.249. The first-order valence-electron chi connectivity index (χ1n) is 22.2. The summed E-state index contributed by atoms with van der Waals surface area (Å²) < 4.78 is 31.4. The highest BCUT2D eigenvalue weighted by Crippen LogP contribution is 2.89. The number of hydrogen-bond donors (Lipinski definition) is 2. The van der Waals surface area contributed by atoms with E-state index in [2.05, 4.69) is 39.5 Å². The summed E-state index contributed by atoms with van der Waals surface area (Å²) in [7, 11) is 0. The van der Waals surface area contributed by atoms with Crippen LogP contribution in [0, 0.1) is 56.7 Å². The molecule has 1 amide bonds. The van der Waals surface area contributed by atoms with Gasteiger partial charge in [-0.3, -0.25) is 9.69 Å². The Bertz CT molecular complexity index is 1540. The summed E-state index contributed by atoms with van der Waals surface area (Å²) in [5, 5.41) is 23.7. The Morgan fingerprint density at radius 2 is 1.62 bits per heavy atom. The van der Waals surface area contributed by atoms with E-state index in [1.807, 2.05) is 25.7 Å². The van der Waals surface area contributed by atoms with Gasteiger partial charge >= 0.3 is 12.1 Å². The van der Waals surface area contributed by atoms with Gasteiger partial charge in [0.15, 0.2) is 12.4 Å². The molecule has 3 heterocycles. The molecule has 318 valence electrons. The number of morpholine rings is 1. The summed E-state index contributed by atoms with van der Waals surface area (Å²) in [5.41, 5.74) is -1.62. The largest absolute Gasteiger partial charge is 0.457 e. The molecule has 8 fully saturated rings. The molecule has 0 aromatic heterocycles. The fraction of sp³-hybridized carbons (Fsp3) is 0.956. The average molecular weight is 787 g/mol. The number of esters is 1. The number of amides is 1. The molecule has 8 aliphatic rings. The Morgan fingerprint density at radius 1 is 0.946 bits per heavy atom. The van der Waals surface area contributed by atoms with Crippen molar-refractivity contribution in [3.8, 4) is 0 Å². The Hall–Kier alpha value is -1.50. The zero-order chi connectivity index (χ0) is 40.6. The summed E-state index contributed by atoms with van der Waals surface area (Å²) in [5.74, 6) is 1.44. The second-order valence-electron chi connectivity index (χ2n) is 22.7. The SMILES string of the molecule is CC(=O)O[C@@H]([C@H]1C[C@@H](C)[C@H]2[C@H](O1)[C@H](O)[C@@]1(C)[C@@H]3CC[C@H]4C(C)(C)[C@@H](O[C@H]5CN(CC6CN(C(=O)OC(C)(C)C)C6)CCO5)CCC45C[C@@]35CC[C@]21C)C(C)(C)O. The minimum absolute atomic E-state index is 0.00213. The monoisotopic (exact) mass is 787 g/mol. The quantitative estimate of drug-likeness (QED) is 0.280. The minimum Gasteiger partial charge on any atom is -0.457 e. The molecule has 1 unspecified atom stereocenters. The molecule has 8 rings (SSSR count). The number of likely N-dealkylation sites (tertiary alicyclic amines) is 1. The zero-order valence-electron chi connectivity index (χ0n) is 36.4. The van der Waals surface area contributed by atoms with Gasteiger partial charge < -0.3 is 38.8 Å². The fourth-order valence-electron chi connectivity index (χ4n) is 15.2. The Kier molecular flexibility index (Phi) is 9.95. The molecular formula is C45H74N2O9. The zero-order valence-corrected chi connectivity index (χ0v) is 36.4. The first kappa shape index (κ1) is 41.2. The van der Waals surface area contributed by atoms with E-state index in [9.17, 15) is 19.8 Å². The van der Waals surface area contributed by atoms with Crippen molar-refractivity contribution in [1.82, 2.24) is 9.80 Å². The van der Waals surface area contributed by atoms with Gasteiger partial charge in [-0.1, -0.05) is 34.6 Å². The molecule has 56 heavy (non-hydrogen) atoms. The molecule has 5 aliphatic carbocycles. The predicted octanol–water partition coefficient (Wildman–Crippen LogP) is 6.41. The van der Waals surface area contributed by atoms with Crippen molar-refractivity contribution in [1.29, 1.82) is 0 Å². The van der Waals surface area contributed by atoms with Crippen molar-refractivity contribution < 1.29 is 43.5 Å². The molecule has 3 saturated heterocycles. The van der Waals surface area contributed by atoms with Crippen molar-refractivity contribution in [3.63, 3.8) is 0 Å². The standard InChI is InChI=1S/C45H74N2O9/c1-26-20-29(37(41(8,9)51)53-27(2)48)54-35-34(26)42(10)16-17-45-25-44(45)15-14-32(40(6,7)30(44)12-13-31(45)43(42,11)36(35)49)55-33-24-46(18-19-52-33)21-28-22-47(23-28)38(50)56-39(3,4)5/h26,28-37,49,51H,12-25H2,1-11H3/t26-,29-,30+,31+,32+,33+,34+,35+,36+,37+,42-,43-,44?,45+/m1/s1. The Labute approximate surface area is 336 Å². The first-order chi connectivity index (χ1) is 26.0. The molecule has 3 aliphatic heterocycles. The van der Waals surface area contributed by atoms with Crippen LogP contribution < -0.4 is 0 Å². The number of aliphatic hydroxyl groups is 2. The van der Waals surface area contributed by atoms with E-state index in [-0.39, 0.29) is 63.5 Å². The number of rotatable bonds is 7. The lowest BCUT2D eigenvalue weighted by atomic mass is 9.41. The van der Waals surface area contributed by atoms with E-state index in [1.54, 1.807) is 13.8 Å². The Balaban J connectivity index is 0.932. The molecular weight excluding hydrogens is 712 g/mol. The summed E-state index contributed by atoms with van der Waals surface area (Å²) in [6, 6.07) is 0. The number of aliphatic hydroxyl groups excluding tert-OH is 1. The third-order valence-electron chi connectivity index (χ3n) is 17.7. The van der Waals surface area contributed by atoms with Gasteiger partial charge in [0.25, 0.3) is 0 Å². The van der Waals surface area contributed by atoms with Crippen LogP contribution in [0.5, 0.6) is 0 Å². The van der Waals surface area contributed by atoms with Crippen molar-refractivity contribution >= 4 is 12.1 Å². The van der Waals surface area contributed by atoms with E-state index in [4.69, 9.17) is 23.7 Å². The van der Waals surface area contributed by atoms with Crippen molar-refractivity contribution in [2.45, 2.75) is 176 Å². The molecule has 11 nitrogen and oxygen atoms in total. The molecule has 2 spiro atoms. The summed E-state index contributed by atoms with van der Waals surface area (Å²) in [4.78, 5) is 28.9. The van der Waals surface area contributed by atoms with Crippen LogP contribution in [-0.4, -0.2) is 119 Å². The van der Waals surface area contributed by atoms with E-state index in [0.29, 0.717) is 30.8 Å². The van der Waals surface area contributed by atoms with Crippen LogP contribution in [0.1, 0.15) is 128 Å². The molecule has 0 aromatic rings. The van der Waals surface area contributed by atoms with Crippen LogP contribution in [-0.2, 0) is 28.5 Å². The van der Waals surface area contributed by atoms with Gasteiger partial charge in [-0.2, -0.15) is 0 Å². The number of nitrogens with zero attached hydrogens (tertiary/aromatic N) is 2. The number of ether oxygens (including phenoxy) is 5. The molecule has 5 saturated carbocycles. The average Bonchev–Trinajstić information content (AvgIpc) is 3.70. The second-order valence-corrected chi connectivity index (χ2v) is 22.7. The highest BCUT2D eigenvalue weighted by molar-refractivity contribution is 5.69. The maximum absolute atomic E-state index is 12.7. The van der Waals surface area contributed by atoms with E-state index in [1.165, 1.54) is 26.2 Å². The maximum Gasteiger partial charge on any atom is 0.410 e. The maximum atomic E-state index is 12.7. The van der Waals surface area contributed by atoms with Gasteiger partial charge in [-0.05, 0) is 131 Å². The molecule has 0 aromatic carbocycles. The van der Waals surface area contributed by atoms with Gasteiger partial charge in [-0.25, -0.2) is 4.79 Å². The van der Waals surface area contributed by atoms with Crippen molar-refractivity contribution in [2.24, 2.45) is 56.7 Å². The van der Waals surface area contributed by atoms with Crippen LogP contribution >= 0.6 is 0 Å². The molecule has 14 atom stereocenters. The smallest absolute Gasteiger partial charge is 0.410 e. The van der Waals surface area contributed by atoms with Crippen LogP contribution in [0.2, 0.25) is 0 Å². The minimum atomic E-state index is -1.27. The molecule has 0 bridgehead atoms. The summed E-state index contributed by atoms with van der Waals surface area (Å²) in [6.07, 6.45) is 6.10. The predicted molar refractivity (Wildman–Crippen MR) is 210 cm³/mol. The third kappa shape index (κ3) is 6.23. The van der Waals surface area contributed by atoms with Gasteiger partial charge in [0.05, 0.1) is 36.6 Å². The number of hydrogen-bond acceptors (Lipinski definition) is 10. The number of fused-ring (bicyclic) bond motifs is 4. The molecule has 0 radical (unpaired) electrons. The summed E-state index contributed by atoms with van der Waals surface area (Å²) >= 11 is 0. The van der Waals surface area contributed by atoms with Crippen LogP contribution in [0.25, 0.3) is 0 Å². The van der Waals surface area contributed by atoms with Gasteiger partial charge in [0.1, 0.15) is 5.60 Å². The van der Waals surface area contributed by atoms with E-state index in [0.717, 1.165) is 58.4 Å². The summed E-state index contributed by atoms with van der Waals surface area (Å²) in [6.45, 7) is 27.3. The lowest BCUT2D eigenvalue weighted by Crippen LogP contribution is -2.60. The van der Waals surface area contributed by atoms with Crippen LogP contribution in [0.15, 0.2) is 0 Å². The number of carbonyl (C=O) groups excluding carboxylic acids is 2. The van der Waals surface area contributed by atoms with E-state index < -0.39 is 35.5 Å². The highest BCUT2D eigenvalue weighted by Gasteiger charge is 2.84. The molecule has 2 N–H and O–H groups in total. The van der Waals surface area contributed by atoms with Gasteiger partial charge in [0, 0.05) is 51.0 Å². The Morgan fingerprint density at radius 3 is 2.29 bits per heavy atom. The van der Waals surface area contributed by atoms with Crippen molar-refractivity contribution in [3.05, 3.63) is 0 Å². The molecule has 11 heteroatoms. The van der Waals surface area contributed by atoms with Crippen molar-refractivity contribution in [2.75, 3.05) is 39.3 Å². The van der Waals surface area contributed by atoms with Crippen LogP contribution in [0.3, 0.4) is 0 Å². The second kappa shape index (κ2) is 13.5. The number of carbonyl (C=O) groups is 2. The van der Waals surface area contributed by atoms with E-state index >= 15 is 0 Å².